The summed E-state index contributed by atoms with van der Waals surface area (Å²) in [5.74, 6) is 1.98. The SMILES string of the molecule is C#CCn1c(=NC(=O)c2ccccc2Cl)sc2cc(NC(C)=O)ccc21. The molecule has 7 heteroatoms. The first-order valence-electron chi connectivity index (χ1n) is 7.67. The molecule has 2 aromatic carbocycles. The van der Waals surface area contributed by atoms with Crippen molar-refractivity contribution in [1.82, 2.24) is 4.57 Å². The molecule has 0 fully saturated rings. The number of benzene rings is 2. The summed E-state index contributed by atoms with van der Waals surface area (Å²) in [6.45, 7) is 1.72. The van der Waals surface area contributed by atoms with Crippen LogP contribution in [0.5, 0.6) is 0 Å². The zero-order valence-electron chi connectivity index (χ0n) is 13.8. The topological polar surface area (TPSA) is 63.5 Å². The zero-order chi connectivity index (χ0) is 18.7. The Balaban J connectivity index is 2.13. The van der Waals surface area contributed by atoms with Crippen LogP contribution < -0.4 is 10.1 Å². The highest BCUT2D eigenvalue weighted by Crippen LogP contribution is 2.22. The van der Waals surface area contributed by atoms with Gasteiger partial charge in [-0.05, 0) is 30.3 Å². The monoisotopic (exact) mass is 383 g/mol. The largest absolute Gasteiger partial charge is 0.326 e. The number of terminal acetylenes is 1. The Bertz CT molecular complexity index is 1120. The van der Waals surface area contributed by atoms with Crippen LogP contribution in [0.25, 0.3) is 10.2 Å². The maximum absolute atomic E-state index is 12.5. The van der Waals surface area contributed by atoms with E-state index in [-0.39, 0.29) is 12.5 Å². The van der Waals surface area contributed by atoms with Gasteiger partial charge in [0.25, 0.3) is 5.91 Å². The predicted octanol–water partition coefficient (Wildman–Crippen LogP) is 3.69. The van der Waals surface area contributed by atoms with Crippen LogP contribution in [0.1, 0.15) is 17.3 Å². The highest BCUT2D eigenvalue weighted by atomic mass is 35.5. The molecule has 0 aliphatic carbocycles. The molecule has 0 aliphatic heterocycles. The number of thiazole rings is 1. The van der Waals surface area contributed by atoms with Crippen molar-refractivity contribution >= 4 is 50.7 Å². The van der Waals surface area contributed by atoms with E-state index in [1.54, 1.807) is 34.9 Å². The molecule has 0 radical (unpaired) electrons. The fourth-order valence-corrected chi connectivity index (χ4v) is 3.75. The van der Waals surface area contributed by atoms with Gasteiger partial charge in [-0.1, -0.05) is 41.0 Å². The Hall–Kier alpha value is -2.88. The highest BCUT2D eigenvalue weighted by molar-refractivity contribution is 7.16. The van der Waals surface area contributed by atoms with E-state index in [0.29, 0.717) is 21.1 Å². The van der Waals surface area contributed by atoms with Crippen LogP contribution in [-0.2, 0) is 11.3 Å². The standard InChI is InChI=1S/C19H14ClN3O2S/c1-3-10-23-16-9-8-13(21-12(2)24)11-17(16)26-19(23)22-18(25)14-6-4-5-7-15(14)20/h1,4-9,11H,10H2,2H3,(H,21,24). The van der Waals surface area contributed by atoms with Crippen molar-refractivity contribution in [1.29, 1.82) is 0 Å². The Morgan fingerprint density at radius 1 is 1.31 bits per heavy atom. The van der Waals surface area contributed by atoms with Gasteiger partial charge in [-0.15, -0.1) is 6.42 Å². The number of amides is 2. The van der Waals surface area contributed by atoms with Crippen molar-refractivity contribution in [2.75, 3.05) is 5.32 Å². The van der Waals surface area contributed by atoms with Crippen LogP contribution in [0.2, 0.25) is 5.02 Å². The quantitative estimate of drug-likeness (QED) is 0.701. The van der Waals surface area contributed by atoms with Gasteiger partial charge in [0.2, 0.25) is 5.91 Å². The number of carbonyl (C=O) groups excluding carboxylic acids is 2. The van der Waals surface area contributed by atoms with E-state index >= 15 is 0 Å². The third-order valence-electron chi connectivity index (χ3n) is 3.55. The molecule has 0 saturated carbocycles. The van der Waals surface area contributed by atoms with E-state index in [4.69, 9.17) is 18.0 Å². The number of anilines is 1. The predicted molar refractivity (Wildman–Crippen MR) is 104 cm³/mol. The molecule has 2 amide bonds. The van der Waals surface area contributed by atoms with E-state index in [2.05, 4.69) is 16.2 Å². The number of fused-ring (bicyclic) bond motifs is 1. The maximum atomic E-state index is 12.5. The average Bonchev–Trinajstić information content (AvgIpc) is 2.91. The number of nitrogens with zero attached hydrogens (tertiary/aromatic N) is 2. The van der Waals surface area contributed by atoms with E-state index < -0.39 is 5.91 Å². The molecule has 130 valence electrons. The molecular weight excluding hydrogens is 370 g/mol. The number of hydrogen-bond acceptors (Lipinski definition) is 3. The Morgan fingerprint density at radius 2 is 2.08 bits per heavy atom. The van der Waals surface area contributed by atoms with Crippen molar-refractivity contribution in [2.24, 2.45) is 4.99 Å². The molecule has 3 aromatic rings. The lowest BCUT2D eigenvalue weighted by atomic mass is 10.2. The van der Waals surface area contributed by atoms with Crippen LogP contribution in [0.15, 0.2) is 47.5 Å². The van der Waals surface area contributed by atoms with Crippen molar-refractivity contribution < 1.29 is 9.59 Å². The molecule has 0 bridgehead atoms. The van der Waals surface area contributed by atoms with Crippen LogP contribution in [0.3, 0.4) is 0 Å². The Labute approximate surface area is 159 Å². The average molecular weight is 384 g/mol. The molecule has 0 aliphatic rings. The summed E-state index contributed by atoms with van der Waals surface area (Å²) < 4.78 is 2.64. The number of rotatable bonds is 3. The fraction of sp³-hybridized carbons (Fsp3) is 0.105. The van der Waals surface area contributed by atoms with Gasteiger partial charge in [0.1, 0.15) is 0 Å². The molecule has 1 N–H and O–H groups in total. The van der Waals surface area contributed by atoms with Gasteiger partial charge >= 0.3 is 0 Å². The summed E-state index contributed by atoms with van der Waals surface area (Å²) in [5, 5.41) is 3.08. The Kier molecular flexibility index (Phi) is 5.21. The molecule has 3 rings (SSSR count). The van der Waals surface area contributed by atoms with Gasteiger partial charge < -0.3 is 9.88 Å². The second kappa shape index (κ2) is 7.56. The first kappa shape index (κ1) is 17.9. The molecular formula is C19H14ClN3O2S. The summed E-state index contributed by atoms with van der Waals surface area (Å²) in [5.41, 5.74) is 1.84. The molecule has 0 atom stereocenters. The highest BCUT2D eigenvalue weighted by Gasteiger charge is 2.11. The maximum Gasteiger partial charge on any atom is 0.281 e. The first-order chi connectivity index (χ1) is 12.5. The summed E-state index contributed by atoms with van der Waals surface area (Å²) in [7, 11) is 0. The summed E-state index contributed by atoms with van der Waals surface area (Å²) in [6, 6.07) is 12.2. The molecule has 0 unspecified atom stereocenters. The molecule has 1 heterocycles. The lowest BCUT2D eigenvalue weighted by molar-refractivity contribution is -0.114. The van der Waals surface area contributed by atoms with Gasteiger partial charge in [-0.25, -0.2) is 0 Å². The van der Waals surface area contributed by atoms with Gasteiger partial charge in [0.15, 0.2) is 4.80 Å². The lowest BCUT2D eigenvalue weighted by Crippen LogP contribution is -2.16. The van der Waals surface area contributed by atoms with Gasteiger partial charge in [0.05, 0.1) is 27.3 Å². The molecule has 1 aromatic heterocycles. The van der Waals surface area contributed by atoms with Crippen molar-refractivity contribution in [2.45, 2.75) is 13.5 Å². The van der Waals surface area contributed by atoms with E-state index in [0.717, 1.165) is 10.2 Å². The minimum atomic E-state index is -0.435. The number of aromatic nitrogens is 1. The van der Waals surface area contributed by atoms with Crippen LogP contribution >= 0.6 is 22.9 Å². The lowest BCUT2D eigenvalue weighted by Gasteiger charge is -2.03. The first-order valence-corrected chi connectivity index (χ1v) is 8.87. The second-order valence-electron chi connectivity index (χ2n) is 5.44. The van der Waals surface area contributed by atoms with Crippen LogP contribution in [0.4, 0.5) is 5.69 Å². The van der Waals surface area contributed by atoms with Crippen LogP contribution in [0, 0.1) is 12.3 Å². The third kappa shape index (κ3) is 3.69. The normalized spacial score (nSPS) is 11.3. The van der Waals surface area contributed by atoms with Crippen LogP contribution in [-0.4, -0.2) is 16.4 Å². The van der Waals surface area contributed by atoms with Gasteiger partial charge in [-0.3, -0.25) is 9.59 Å². The summed E-state index contributed by atoms with van der Waals surface area (Å²) >= 11 is 7.40. The van der Waals surface area contributed by atoms with E-state index in [1.165, 1.54) is 18.3 Å². The van der Waals surface area contributed by atoms with Gasteiger partial charge in [0, 0.05) is 12.6 Å². The molecule has 26 heavy (non-hydrogen) atoms. The number of halogens is 1. The second-order valence-corrected chi connectivity index (χ2v) is 6.85. The number of carbonyl (C=O) groups is 2. The summed E-state index contributed by atoms with van der Waals surface area (Å²) in [6.07, 6.45) is 5.47. The molecule has 0 spiro atoms. The smallest absolute Gasteiger partial charge is 0.281 e. The molecule has 0 saturated heterocycles. The zero-order valence-corrected chi connectivity index (χ0v) is 15.4. The van der Waals surface area contributed by atoms with Gasteiger partial charge in [-0.2, -0.15) is 4.99 Å². The third-order valence-corrected chi connectivity index (χ3v) is 4.92. The van der Waals surface area contributed by atoms with Crippen molar-refractivity contribution in [3.8, 4) is 12.3 Å². The van der Waals surface area contributed by atoms with E-state index in [1.807, 2.05) is 12.1 Å². The van der Waals surface area contributed by atoms with E-state index in [9.17, 15) is 9.59 Å². The number of hydrogen-bond donors (Lipinski definition) is 1. The molecule has 5 nitrogen and oxygen atoms in total. The minimum Gasteiger partial charge on any atom is -0.326 e. The van der Waals surface area contributed by atoms with Crippen molar-refractivity contribution in [3.05, 3.63) is 57.9 Å². The summed E-state index contributed by atoms with van der Waals surface area (Å²) in [4.78, 5) is 28.4. The van der Waals surface area contributed by atoms with Crippen molar-refractivity contribution in [3.63, 3.8) is 0 Å². The Morgan fingerprint density at radius 3 is 2.77 bits per heavy atom. The number of nitrogens with one attached hydrogen (secondary N) is 1. The minimum absolute atomic E-state index is 0.156. The fourth-order valence-electron chi connectivity index (χ4n) is 2.47.